The zero-order chi connectivity index (χ0) is 20.1. The molecule has 0 saturated heterocycles. The van der Waals surface area contributed by atoms with Gasteiger partial charge >= 0.3 is 6.18 Å². The van der Waals surface area contributed by atoms with Crippen molar-refractivity contribution in [1.29, 1.82) is 0 Å². The summed E-state index contributed by atoms with van der Waals surface area (Å²) in [6.45, 7) is 0.288. The molecular weight excluding hydrogens is 391 g/mol. The summed E-state index contributed by atoms with van der Waals surface area (Å²) in [7, 11) is 1.58. The molecule has 0 aliphatic heterocycles. The quantitative estimate of drug-likeness (QED) is 0.578. The lowest BCUT2D eigenvalue weighted by Crippen LogP contribution is -2.11. The van der Waals surface area contributed by atoms with Crippen molar-refractivity contribution in [2.45, 2.75) is 12.8 Å². The molecule has 1 heterocycles. The van der Waals surface area contributed by atoms with Crippen LogP contribution in [0.1, 0.15) is 20.8 Å². The van der Waals surface area contributed by atoms with Gasteiger partial charge < -0.3 is 14.8 Å². The Morgan fingerprint density at radius 1 is 1.04 bits per heavy atom. The topological polar surface area (TPSA) is 47.6 Å². The fraction of sp³-hybridized carbons (Fsp3) is 0.150. The molecule has 4 nitrogen and oxygen atoms in total. The lowest BCUT2D eigenvalue weighted by Gasteiger charge is -2.08. The van der Waals surface area contributed by atoms with Crippen LogP contribution >= 0.6 is 11.3 Å². The Bertz CT molecular complexity index is 935. The summed E-state index contributed by atoms with van der Waals surface area (Å²) in [5.74, 6) is 1.01. The number of carbonyl (C=O) groups excluding carboxylic acids is 1. The number of alkyl halides is 3. The molecular formula is C20H16F3NO3S. The van der Waals surface area contributed by atoms with Crippen molar-refractivity contribution in [2.75, 3.05) is 12.4 Å². The molecule has 2 aromatic carbocycles. The van der Waals surface area contributed by atoms with Crippen molar-refractivity contribution >= 4 is 22.9 Å². The Hall–Kier alpha value is -3.00. The summed E-state index contributed by atoms with van der Waals surface area (Å²) in [4.78, 5) is 12.7. The lowest BCUT2D eigenvalue weighted by molar-refractivity contribution is -0.137. The highest BCUT2D eigenvalue weighted by Crippen LogP contribution is 2.30. The number of nitrogens with one attached hydrogen (secondary N) is 1. The number of thiophene rings is 1. The third-order valence-corrected chi connectivity index (χ3v) is 4.79. The predicted molar refractivity (Wildman–Crippen MR) is 101 cm³/mol. The molecule has 3 rings (SSSR count). The molecule has 1 N–H and O–H groups in total. The Labute approximate surface area is 163 Å². The van der Waals surface area contributed by atoms with Gasteiger partial charge in [-0.1, -0.05) is 0 Å². The smallest absolute Gasteiger partial charge is 0.416 e. The zero-order valence-electron chi connectivity index (χ0n) is 14.7. The van der Waals surface area contributed by atoms with Crippen molar-refractivity contribution in [2.24, 2.45) is 0 Å². The maximum absolute atomic E-state index is 12.6. The first-order chi connectivity index (χ1) is 13.3. The number of methoxy groups -OCH3 is 1. The van der Waals surface area contributed by atoms with E-state index in [1.807, 2.05) is 0 Å². The van der Waals surface area contributed by atoms with Gasteiger partial charge in [0.25, 0.3) is 5.91 Å². The number of hydrogen-bond acceptors (Lipinski definition) is 4. The van der Waals surface area contributed by atoms with Crippen molar-refractivity contribution in [3.63, 3.8) is 0 Å². The predicted octanol–water partition coefficient (Wildman–Crippen LogP) is 5.61. The van der Waals surface area contributed by atoms with Gasteiger partial charge in [-0.2, -0.15) is 13.2 Å². The monoisotopic (exact) mass is 407 g/mol. The number of carbonyl (C=O) groups is 1. The highest BCUT2D eigenvalue weighted by atomic mass is 32.1. The molecule has 28 heavy (non-hydrogen) atoms. The van der Waals surface area contributed by atoms with Crippen LogP contribution < -0.4 is 14.8 Å². The fourth-order valence-corrected chi connectivity index (χ4v) is 3.14. The molecule has 0 spiro atoms. The average molecular weight is 407 g/mol. The van der Waals surface area contributed by atoms with Gasteiger partial charge in [-0.25, -0.2) is 0 Å². The Morgan fingerprint density at radius 3 is 2.29 bits per heavy atom. The van der Waals surface area contributed by atoms with Crippen LogP contribution in [0.15, 0.2) is 60.0 Å². The first-order valence-electron chi connectivity index (χ1n) is 8.18. The van der Waals surface area contributed by atoms with E-state index >= 15 is 0 Å². The molecule has 3 aromatic rings. The van der Waals surface area contributed by atoms with Gasteiger partial charge in [0.05, 0.1) is 17.6 Å². The van der Waals surface area contributed by atoms with Crippen LogP contribution in [0.5, 0.6) is 11.5 Å². The molecule has 0 aliphatic rings. The van der Waals surface area contributed by atoms with E-state index in [0.29, 0.717) is 16.3 Å². The summed E-state index contributed by atoms with van der Waals surface area (Å²) in [6, 6.07) is 13.1. The molecule has 1 amide bonds. The van der Waals surface area contributed by atoms with Gasteiger partial charge in [0.1, 0.15) is 18.1 Å². The molecule has 146 valence electrons. The molecule has 0 saturated carbocycles. The van der Waals surface area contributed by atoms with Gasteiger partial charge in [-0.15, -0.1) is 11.3 Å². The van der Waals surface area contributed by atoms with Crippen LogP contribution in [-0.4, -0.2) is 13.0 Å². The van der Waals surface area contributed by atoms with E-state index in [2.05, 4.69) is 5.32 Å². The minimum absolute atomic E-state index is 0.288. The second-order valence-electron chi connectivity index (χ2n) is 5.81. The number of rotatable bonds is 6. The van der Waals surface area contributed by atoms with Gasteiger partial charge in [-0.3, -0.25) is 4.79 Å². The molecule has 8 heteroatoms. The van der Waals surface area contributed by atoms with E-state index in [0.717, 1.165) is 23.4 Å². The molecule has 0 bridgehead atoms. The summed E-state index contributed by atoms with van der Waals surface area (Å²) in [5, 5.41) is 4.38. The largest absolute Gasteiger partial charge is 0.497 e. The Kier molecular flexibility index (Phi) is 5.89. The van der Waals surface area contributed by atoms with Crippen molar-refractivity contribution in [3.8, 4) is 11.5 Å². The molecule has 1 aromatic heterocycles. The molecule has 0 radical (unpaired) electrons. The van der Waals surface area contributed by atoms with Gasteiger partial charge in [0.15, 0.2) is 0 Å². The zero-order valence-corrected chi connectivity index (χ0v) is 15.6. The van der Waals surface area contributed by atoms with Crippen LogP contribution in [0.4, 0.5) is 18.9 Å². The number of benzene rings is 2. The average Bonchev–Trinajstić information content (AvgIpc) is 3.16. The summed E-state index contributed by atoms with van der Waals surface area (Å²) < 4.78 is 48.5. The third-order valence-electron chi connectivity index (χ3n) is 3.81. The van der Waals surface area contributed by atoms with Gasteiger partial charge in [0, 0.05) is 11.3 Å². The van der Waals surface area contributed by atoms with Crippen molar-refractivity contribution < 1.29 is 27.4 Å². The minimum Gasteiger partial charge on any atom is -0.497 e. The van der Waals surface area contributed by atoms with Gasteiger partial charge in [-0.05, 0) is 60.0 Å². The number of ether oxygens (including phenoxy) is 2. The maximum atomic E-state index is 12.6. The van der Waals surface area contributed by atoms with Crippen LogP contribution in [0, 0.1) is 0 Å². The molecule has 0 atom stereocenters. The van der Waals surface area contributed by atoms with Crippen molar-refractivity contribution in [1.82, 2.24) is 0 Å². The molecule has 0 fully saturated rings. The second kappa shape index (κ2) is 8.35. The van der Waals surface area contributed by atoms with Crippen LogP contribution in [-0.2, 0) is 12.8 Å². The van der Waals surface area contributed by atoms with Crippen LogP contribution in [0.3, 0.4) is 0 Å². The Balaban J connectivity index is 1.57. The van der Waals surface area contributed by atoms with E-state index in [1.54, 1.807) is 42.8 Å². The van der Waals surface area contributed by atoms with E-state index in [1.165, 1.54) is 23.5 Å². The highest BCUT2D eigenvalue weighted by Gasteiger charge is 2.30. The Morgan fingerprint density at radius 2 is 1.68 bits per heavy atom. The maximum Gasteiger partial charge on any atom is 0.416 e. The van der Waals surface area contributed by atoms with Crippen LogP contribution in [0.25, 0.3) is 0 Å². The van der Waals surface area contributed by atoms with Gasteiger partial charge in [0.2, 0.25) is 0 Å². The second-order valence-corrected chi connectivity index (χ2v) is 6.72. The third kappa shape index (κ3) is 5.04. The number of hydrogen-bond donors (Lipinski definition) is 1. The molecule has 0 aliphatic carbocycles. The van der Waals surface area contributed by atoms with E-state index in [-0.39, 0.29) is 12.5 Å². The highest BCUT2D eigenvalue weighted by molar-refractivity contribution is 7.12. The van der Waals surface area contributed by atoms with E-state index in [4.69, 9.17) is 9.47 Å². The summed E-state index contributed by atoms with van der Waals surface area (Å²) in [5.41, 5.74) is 0.348. The van der Waals surface area contributed by atoms with E-state index in [9.17, 15) is 18.0 Å². The fourth-order valence-electron chi connectivity index (χ4n) is 2.34. The molecule has 0 unspecified atom stereocenters. The standard InChI is InChI=1S/C20H16F3NO3S/c1-26-16-6-8-17(9-7-16)27-11-13-10-18(28-12-13)19(25)24-15-4-2-14(3-5-15)20(21,22)23/h2-10,12H,11H2,1H3,(H,24,25). The first kappa shape index (κ1) is 19.8. The summed E-state index contributed by atoms with van der Waals surface area (Å²) in [6.07, 6.45) is -4.41. The first-order valence-corrected chi connectivity index (χ1v) is 9.06. The number of anilines is 1. The lowest BCUT2D eigenvalue weighted by atomic mass is 10.2. The van der Waals surface area contributed by atoms with Crippen molar-refractivity contribution in [3.05, 3.63) is 76.0 Å². The van der Waals surface area contributed by atoms with Crippen LogP contribution in [0.2, 0.25) is 0 Å². The SMILES string of the molecule is COc1ccc(OCc2csc(C(=O)Nc3ccc(C(F)(F)F)cc3)c2)cc1. The number of halogens is 3. The van der Waals surface area contributed by atoms with E-state index < -0.39 is 11.7 Å². The minimum atomic E-state index is -4.41. The summed E-state index contributed by atoms with van der Waals surface area (Å²) >= 11 is 1.23. The normalized spacial score (nSPS) is 11.1. The number of amides is 1.